The van der Waals surface area contributed by atoms with Gasteiger partial charge in [0.1, 0.15) is 5.82 Å². The van der Waals surface area contributed by atoms with Crippen molar-refractivity contribution in [3.8, 4) is 0 Å². The third kappa shape index (κ3) is 3.90. The first-order valence-electron chi connectivity index (χ1n) is 6.84. The predicted octanol–water partition coefficient (Wildman–Crippen LogP) is 4.79. The first-order chi connectivity index (χ1) is 9.60. The summed E-state index contributed by atoms with van der Waals surface area (Å²) in [5, 5.41) is 3.47. The van der Waals surface area contributed by atoms with Crippen LogP contribution in [-0.4, -0.2) is 6.54 Å². The van der Waals surface area contributed by atoms with Crippen molar-refractivity contribution in [2.75, 3.05) is 6.54 Å². The summed E-state index contributed by atoms with van der Waals surface area (Å²) in [6, 6.07) is 13.9. The molecule has 0 spiro atoms. The molecule has 2 rings (SSSR count). The van der Waals surface area contributed by atoms with Gasteiger partial charge in [0.05, 0.1) is 0 Å². The Balaban J connectivity index is 2.21. The molecule has 2 aromatic rings. The van der Waals surface area contributed by atoms with E-state index in [4.69, 9.17) is 0 Å². The van der Waals surface area contributed by atoms with Gasteiger partial charge in [0.2, 0.25) is 0 Å². The minimum atomic E-state index is -0.146. The lowest BCUT2D eigenvalue weighted by Crippen LogP contribution is -2.23. The Morgan fingerprint density at radius 2 is 1.85 bits per heavy atom. The van der Waals surface area contributed by atoms with Crippen LogP contribution in [0.3, 0.4) is 0 Å². The van der Waals surface area contributed by atoms with Crippen LogP contribution in [0.15, 0.2) is 46.9 Å². The number of hydrogen-bond donors (Lipinski definition) is 1. The minimum Gasteiger partial charge on any atom is -0.310 e. The number of aryl methyl sites for hydroxylation is 1. The first kappa shape index (κ1) is 15.2. The highest BCUT2D eigenvalue weighted by molar-refractivity contribution is 9.10. The van der Waals surface area contributed by atoms with Crippen LogP contribution in [0, 0.1) is 12.7 Å². The molecule has 0 radical (unpaired) electrons. The summed E-state index contributed by atoms with van der Waals surface area (Å²) in [5.74, 6) is -0.146. The Morgan fingerprint density at radius 3 is 2.45 bits per heavy atom. The summed E-state index contributed by atoms with van der Waals surface area (Å²) < 4.78 is 14.5. The number of benzene rings is 2. The lowest BCUT2D eigenvalue weighted by atomic mass is 9.97. The highest BCUT2D eigenvalue weighted by Crippen LogP contribution is 2.22. The molecule has 0 bridgehead atoms. The smallest absolute Gasteiger partial charge is 0.126 e. The second-order valence-corrected chi connectivity index (χ2v) is 5.87. The van der Waals surface area contributed by atoms with Crippen molar-refractivity contribution >= 4 is 15.9 Å². The fraction of sp³-hybridized carbons (Fsp3) is 0.294. The van der Waals surface area contributed by atoms with E-state index in [1.807, 2.05) is 31.2 Å². The fourth-order valence-electron chi connectivity index (χ4n) is 2.30. The number of hydrogen-bond acceptors (Lipinski definition) is 1. The minimum absolute atomic E-state index is 0.146. The summed E-state index contributed by atoms with van der Waals surface area (Å²) >= 11 is 3.45. The maximum atomic E-state index is 13.4. The van der Waals surface area contributed by atoms with Crippen LogP contribution in [0.1, 0.15) is 29.7 Å². The van der Waals surface area contributed by atoms with Gasteiger partial charge in [-0.2, -0.15) is 0 Å². The van der Waals surface area contributed by atoms with Gasteiger partial charge in [0.15, 0.2) is 0 Å². The van der Waals surface area contributed by atoms with Crippen molar-refractivity contribution in [3.63, 3.8) is 0 Å². The van der Waals surface area contributed by atoms with Crippen LogP contribution in [0.25, 0.3) is 0 Å². The largest absolute Gasteiger partial charge is 0.310 e. The zero-order valence-corrected chi connectivity index (χ0v) is 13.4. The summed E-state index contributed by atoms with van der Waals surface area (Å²) in [5.41, 5.74) is 3.09. The molecule has 0 aromatic heterocycles. The van der Waals surface area contributed by atoms with Gasteiger partial charge in [-0.3, -0.25) is 0 Å². The van der Waals surface area contributed by atoms with E-state index in [2.05, 4.69) is 40.3 Å². The van der Waals surface area contributed by atoms with Crippen molar-refractivity contribution in [1.82, 2.24) is 5.32 Å². The number of likely N-dealkylation sites (N-methyl/N-ethyl adjacent to an activating group) is 1. The molecule has 1 nitrogen and oxygen atoms in total. The first-order valence-corrected chi connectivity index (χ1v) is 7.63. The Kier molecular flexibility index (Phi) is 5.32. The molecular weight excluding hydrogens is 317 g/mol. The molecule has 0 saturated carbocycles. The van der Waals surface area contributed by atoms with Crippen LogP contribution in [-0.2, 0) is 6.42 Å². The summed E-state index contributed by atoms with van der Waals surface area (Å²) in [4.78, 5) is 0. The zero-order chi connectivity index (χ0) is 14.5. The van der Waals surface area contributed by atoms with Crippen molar-refractivity contribution in [1.29, 1.82) is 0 Å². The fourth-order valence-corrected chi connectivity index (χ4v) is 2.56. The van der Waals surface area contributed by atoms with Gasteiger partial charge in [0.25, 0.3) is 0 Å². The molecule has 0 heterocycles. The van der Waals surface area contributed by atoms with E-state index in [0.29, 0.717) is 5.56 Å². The highest BCUT2D eigenvalue weighted by Gasteiger charge is 2.12. The molecule has 3 heteroatoms. The summed E-state index contributed by atoms with van der Waals surface area (Å²) in [7, 11) is 0. The predicted molar refractivity (Wildman–Crippen MR) is 85.4 cm³/mol. The summed E-state index contributed by atoms with van der Waals surface area (Å²) in [6.45, 7) is 4.78. The molecular formula is C17H19BrFN. The van der Waals surface area contributed by atoms with Gasteiger partial charge in [0, 0.05) is 10.5 Å². The molecule has 0 fully saturated rings. The van der Waals surface area contributed by atoms with E-state index in [1.54, 1.807) is 6.07 Å². The van der Waals surface area contributed by atoms with Crippen molar-refractivity contribution < 1.29 is 4.39 Å². The Bertz CT molecular complexity index is 566. The molecule has 0 aliphatic heterocycles. The van der Waals surface area contributed by atoms with Crippen LogP contribution < -0.4 is 5.32 Å². The molecule has 0 saturated heterocycles. The number of rotatable bonds is 5. The van der Waals surface area contributed by atoms with E-state index < -0.39 is 0 Å². The van der Waals surface area contributed by atoms with Gasteiger partial charge in [-0.1, -0.05) is 47.1 Å². The molecule has 106 valence electrons. The third-order valence-electron chi connectivity index (χ3n) is 3.39. The van der Waals surface area contributed by atoms with Crippen LogP contribution >= 0.6 is 15.9 Å². The molecule has 0 aliphatic carbocycles. The monoisotopic (exact) mass is 335 g/mol. The molecule has 2 aromatic carbocycles. The van der Waals surface area contributed by atoms with E-state index in [0.717, 1.165) is 23.0 Å². The van der Waals surface area contributed by atoms with Crippen molar-refractivity contribution in [3.05, 3.63) is 69.4 Å². The van der Waals surface area contributed by atoms with E-state index >= 15 is 0 Å². The summed E-state index contributed by atoms with van der Waals surface area (Å²) in [6.07, 6.45) is 0.895. The average molecular weight is 336 g/mol. The SMILES string of the molecule is CCNC(Cc1ccc(Br)cc1)c1ccc(F)c(C)c1. The van der Waals surface area contributed by atoms with Gasteiger partial charge >= 0.3 is 0 Å². The number of halogens is 2. The Hall–Kier alpha value is -1.19. The third-order valence-corrected chi connectivity index (χ3v) is 3.92. The molecule has 1 unspecified atom stereocenters. The van der Waals surface area contributed by atoms with E-state index in [1.165, 1.54) is 5.56 Å². The topological polar surface area (TPSA) is 12.0 Å². The van der Waals surface area contributed by atoms with Gasteiger partial charge < -0.3 is 5.32 Å². The standard InChI is InChI=1S/C17H19BrFN/c1-3-20-17(11-13-4-7-15(18)8-5-13)14-6-9-16(19)12(2)10-14/h4-10,17,20H,3,11H2,1-2H3. The zero-order valence-electron chi connectivity index (χ0n) is 11.8. The Labute approximate surface area is 128 Å². The second-order valence-electron chi connectivity index (χ2n) is 4.95. The van der Waals surface area contributed by atoms with Gasteiger partial charge in [-0.15, -0.1) is 0 Å². The maximum Gasteiger partial charge on any atom is 0.126 e. The molecule has 1 N–H and O–H groups in total. The van der Waals surface area contributed by atoms with E-state index in [-0.39, 0.29) is 11.9 Å². The van der Waals surface area contributed by atoms with E-state index in [9.17, 15) is 4.39 Å². The lowest BCUT2D eigenvalue weighted by Gasteiger charge is -2.19. The van der Waals surface area contributed by atoms with Crippen molar-refractivity contribution in [2.45, 2.75) is 26.3 Å². The van der Waals surface area contributed by atoms with Crippen LogP contribution in [0.4, 0.5) is 4.39 Å². The molecule has 0 aliphatic rings. The quantitative estimate of drug-likeness (QED) is 0.828. The normalized spacial score (nSPS) is 12.4. The van der Waals surface area contributed by atoms with Crippen molar-refractivity contribution in [2.24, 2.45) is 0 Å². The molecule has 1 atom stereocenters. The number of nitrogens with one attached hydrogen (secondary N) is 1. The van der Waals surface area contributed by atoms with Gasteiger partial charge in [-0.25, -0.2) is 4.39 Å². The van der Waals surface area contributed by atoms with Crippen LogP contribution in [0.5, 0.6) is 0 Å². The van der Waals surface area contributed by atoms with Crippen LogP contribution in [0.2, 0.25) is 0 Å². The maximum absolute atomic E-state index is 13.4. The molecule has 20 heavy (non-hydrogen) atoms. The second kappa shape index (κ2) is 7.00. The molecule has 0 amide bonds. The lowest BCUT2D eigenvalue weighted by molar-refractivity contribution is 0.546. The van der Waals surface area contributed by atoms with Gasteiger partial charge in [-0.05, 0) is 54.8 Å². The Morgan fingerprint density at radius 1 is 1.15 bits per heavy atom. The highest BCUT2D eigenvalue weighted by atomic mass is 79.9. The average Bonchev–Trinajstić information content (AvgIpc) is 2.44.